The Kier molecular flexibility index (Phi) is 1.71. The molecule has 1 N–H and O–H groups in total. The SMILES string of the molecule is c1ccc2c(c1)N=NNc1cccnc1-2. The van der Waals surface area contributed by atoms with Crippen LogP contribution in [-0.2, 0) is 0 Å². The van der Waals surface area contributed by atoms with Gasteiger partial charge in [-0.3, -0.25) is 10.4 Å². The van der Waals surface area contributed by atoms with Gasteiger partial charge in [-0.1, -0.05) is 23.4 Å². The molecule has 1 aromatic heterocycles. The lowest BCUT2D eigenvalue weighted by Gasteiger charge is -2.04. The van der Waals surface area contributed by atoms with Crippen LogP contribution in [0.3, 0.4) is 0 Å². The molecule has 0 saturated heterocycles. The number of hydrogen-bond acceptors (Lipinski definition) is 4. The van der Waals surface area contributed by atoms with E-state index in [1.54, 1.807) is 6.20 Å². The predicted octanol–water partition coefficient (Wildman–Crippen LogP) is 3.17. The number of nitrogens with zero attached hydrogens (tertiary/aromatic N) is 3. The minimum atomic E-state index is 0.836. The molecule has 0 radical (unpaired) electrons. The van der Waals surface area contributed by atoms with Crippen LogP contribution in [0.5, 0.6) is 0 Å². The Morgan fingerprint density at radius 1 is 1.00 bits per heavy atom. The summed E-state index contributed by atoms with van der Waals surface area (Å²) in [6.45, 7) is 0. The van der Waals surface area contributed by atoms with Gasteiger partial charge in [0.05, 0.1) is 17.1 Å². The van der Waals surface area contributed by atoms with E-state index in [1.165, 1.54) is 0 Å². The van der Waals surface area contributed by atoms with Gasteiger partial charge in [0.1, 0.15) is 0 Å². The van der Waals surface area contributed by atoms with Gasteiger partial charge < -0.3 is 0 Å². The van der Waals surface area contributed by atoms with E-state index in [4.69, 9.17) is 0 Å². The van der Waals surface area contributed by atoms with Crippen molar-refractivity contribution >= 4 is 11.4 Å². The van der Waals surface area contributed by atoms with Crippen LogP contribution >= 0.6 is 0 Å². The highest BCUT2D eigenvalue weighted by molar-refractivity contribution is 5.82. The molecular weight excluding hydrogens is 188 g/mol. The molecule has 0 unspecified atom stereocenters. The van der Waals surface area contributed by atoms with Gasteiger partial charge in [0.15, 0.2) is 0 Å². The Bertz CT molecular complexity index is 534. The summed E-state index contributed by atoms with van der Waals surface area (Å²) < 4.78 is 0. The molecule has 2 heterocycles. The highest BCUT2D eigenvalue weighted by Crippen LogP contribution is 2.35. The Balaban J connectivity index is 2.33. The van der Waals surface area contributed by atoms with Gasteiger partial charge in [-0.05, 0) is 18.2 Å². The molecule has 1 aliphatic rings. The zero-order valence-corrected chi connectivity index (χ0v) is 7.88. The van der Waals surface area contributed by atoms with Crippen molar-refractivity contribution in [2.45, 2.75) is 0 Å². The van der Waals surface area contributed by atoms with Gasteiger partial charge in [-0.25, -0.2) is 0 Å². The third-order valence-corrected chi connectivity index (χ3v) is 2.30. The van der Waals surface area contributed by atoms with Crippen molar-refractivity contribution in [3.05, 3.63) is 42.6 Å². The average Bonchev–Trinajstić information content (AvgIpc) is 2.48. The minimum Gasteiger partial charge on any atom is -0.258 e. The van der Waals surface area contributed by atoms with Crippen molar-refractivity contribution in [2.24, 2.45) is 10.3 Å². The number of rotatable bonds is 0. The number of pyridine rings is 1. The van der Waals surface area contributed by atoms with E-state index in [2.05, 4.69) is 20.7 Å². The van der Waals surface area contributed by atoms with Crippen molar-refractivity contribution in [1.29, 1.82) is 0 Å². The lowest BCUT2D eigenvalue weighted by Crippen LogP contribution is -1.90. The van der Waals surface area contributed by atoms with Gasteiger partial charge >= 0.3 is 0 Å². The van der Waals surface area contributed by atoms with E-state index in [1.807, 2.05) is 36.4 Å². The first-order valence-corrected chi connectivity index (χ1v) is 4.66. The van der Waals surface area contributed by atoms with Crippen molar-refractivity contribution in [3.63, 3.8) is 0 Å². The van der Waals surface area contributed by atoms with Crippen LogP contribution in [0, 0.1) is 0 Å². The maximum Gasteiger partial charge on any atom is 0.0974 e. The summed E-state index contributed by atoms with van der Waals surface area (Å²) in [5.74, 6) is 0. The van der Waals surface area contributed by atoms with Crippen molar-refractivity contribution in [1.82, 2.24) is 4.98 Å². The van der Waals surface area contributed by atoms with Crippen LogP contribution in [-0.4, -0.2) is 4.98 Å². The van der Waals surface area contributed by atoms with E-state index < -0.39 is 0 Å². The summed E-state index contributed by atoms with van der Waals surface area (Å²) in [6.07, 6.45) is 1.77. The number of fused-ring (bicyclic) bond motifs is 3. The normalized spacial score (nSPS) is 12.3. The van der Waals surface area contributed by atoms with Crippen molar-refractivity contribution in [2.75, 3.05) is 5.43 Å². The molecular formula is C11H8N4. The maximum absolute atomic E-state index is 4.34. The smallest absolute Gasteiger partial charge is 0.0974 e. The summed E-state index contributed by atoms with van der Waals surface area (Å²) in [4.78, 5) is 4.34. The number of hydrogen-bond donors (Lipinski definition) is 1. The monoisotopic (exact) mass is 196 g/mol. The highest BCUT2D eigenvalue weighted by atomic mass is 15.4. The number of benzene rings is 1. The van der Waals surface area contributed by atoms with Crippen LogP contribution in [0.15, 0.2) is 52.9 Å². The molecule has 0 bridgehead atoms. The molecule has 72 valence electrons. The van der Waals surface area contributed by atoms with E-state index >= 15 is 0 Å². The summed E-state index contributed by atoms with van der Waals surface area (Å²) in [6, 6.07) is 11.6. The molecule has 4 nitrogen and oxygen atoms in total. The third-order valence-electron chi connectivity index (χ3n) is 2.30. The number of anilines is 1. The molecule has 0 saturated carbocycles. The summed E-state index contributed by atoms with van der Waals surface area (Å²) in [7, 11) is 0. The lowest BCUT2D eigenvalue weighted by molar-refractivity contribution is 1.14. The zero-order chi connectivity index (χ0) is 10.1. The van der Waals surface area contributed by atoms with Gasteiger partial charge in [-0.2, -0.15) is 0 Å². The molecule has 15 heavy (non-hydrogen) atoms. The molecule has 0 spiro atoms. The Morgan fingerprint density at radius 3 is 2.93 bits per heavy atom. The van der Waals surface area contributed by atoms with Crippen LogP contribution in [0.2, 0.25) is 0 Å². The second-order valence-electron chi connectivity index (χ2n) is 3.23. The van der Waals surface area contributed by atoms with E-state index in [-0.39, 0.29) is 0 Å². The Hall–Kier alpha value is -2.23. The van der Waals surface area contributed by atoms with Crippen molar-refractivity contribution < 1.29 is 0 Å². The summed E-state index contributed by atoms with van der Waals surface area (Å²) in [5.41, 5.74) is 6.47. The summed E-state index contributed by atoms with van der Waals surface area (Å²) in [5, 5.41) is 7.96. The van der Waals surface area contributed by atoms with Gasteiger partial charge in [0, 0.05) is 11.8 Å². The topological polar surface area (TPSA) is 49.6 Å². The maximum atomic E-state index is 4.34. The van der Waals surface area contributed by atoms with Crippen molar-refractivity contribution in [3.8, 4) is 11.3 Å². The van der Waals surface area contributed by atoms with Gasteiger partial charge in [-0.15, -0.1) is 5.11 Å². The standard InChI is InChI=1S/C11H8N4/c1-2-5-9-8(4-1)11-10(14-15-13-9)6-3-7-12-11/h1-7H,(H,13,14). The second-order valence-corrected chi connectivity index (χ2v) is 3.23. The minimum absolute atomic E-state index is 0.836. The third kappa shape index (κ3) is 1.27. The highest BCUT2D eigenvalue weighted by Gasteiger charge is 2.12. The molecule has 0 aliphatic carbocycles. The molecule has 2 aromatic rings. The number of nitrogens with one attached hydrogen (secondary N) is 1. The fourth-order valence-electron chi connectivity index (χ4n) is 1.60. The first-order chi connectivity index (χ1) is 7.45. The molecule has 1 aliphatic heterocycles. The van der Waals surface area contributed by atoms with Gasteiger partial charge in [0.2, 0.25) is 0 Å². The molecule has 0 fully saturated rings. The molecule has 3 rings (SSSR count). The zero-order valence-electron chi connectivity index (χ0n) is 7.88. The quantitative estimate of drug-likeness (QED) is 0.703. The molecule has 4 heteroatoms. The predicted molar refractivity (Wildman–Crippen MR) is 57.8 cm³/mol. The summed E-state index contributed by atoms with van der Waals surface area (Å²) >= 11 is 0. The molecule has 0 atom stereocenters. The Morgan fingerprint density at radius 2 is 1.93 bits per heavy atom. The van der Waals surface area contributed by atoms with Crippen LogP contribution in [0.4, 0.5) is 11.4 Å². The second kappa shape index (κ2) is 3.16. The van der Waals surface area contributed by atoms with E-state index in [0.29, 0.717) is 0 Å². The number of aromatic nitrogens is 1. The fourth-order valence-corrected chi connectivity index (χ4v) is 1.60. The van der Waals surface area contributed by atoms with Crippen LogP contribution in [0.25, 0.3) is 11.3 Å². The van der Waals surface area contributed by atoms with Crippen LogP contribution in [0.1, 0.15) is 0 Å². The molecule has 0 amide bonds. The largest absolute Gasteiger partial charge is 0.258 e. The van der Waals surface area contributed by atoms with E-state index in [9.17, 15) is 0 Å². The van der Waals surface area contributed by atoms with Crippen LogP contribution < -0.4 is 5.43 Å². The molecule has 1 aromatic carbocycles. The van der Waals surface area contributed by atoms with E-state index in [0.717, 1.165) is 22.6 Å². The lowest BCUT2D eigenvalue weighted by atomic mass is 10.1. The first-order valence-electron chi connectivity index (χ1n) is 4.66. The first kappa shape index (κ1) is 8.11. The average molecular weight is 196 g/mol. The van der Waals surface area contributed by atoms with Gasteiger partial charge in [0.25, 0.3) is 0 Å². The fraction of sp³-hybridized carbons (Fsp3) is 0. The Labute approximate surface area is 86.7 Å².